The van der Waals surface area contributed by atoms with Gasteiger partial charge >= 0.3 is 0 Å². The summed E-state index contributed by atoms with van der Waals surface area (Å²) in [6, 6.07) is 10.3. The van der Waals surface area contributed by atoms with Gasteiger partial charge in [0.1, 0.15) is 0 Å². The molecule has 1 rings (SSSR count). The zero-order valence-corrected chi connectivity index (χ0v) is 18.9. The van der Waals surface area contributed by atoms with E-state index in [2.05, 4.69) is 46.8 Å². The Bertz CT molecular complexity index is 251. The number of rotatable bonds is 10. The molecule has 25 heavy (non-hydrogen) atoms. The Morgan fingerprint density at radius 1 is 0.480 bits per heavy atom. The molecule has 0 heterocycles. The van der Waals surface area contributed by atoms with Crippen LogP contribution in [0.1, 0.15) is 124 Å². The minimum Gasteiger partial charge on any atom is -0.0683 e. The molecule has 0 radical (unpaired) electrons. The van der Waals surface area contributed by atoms with Crippen LogP contribution in [0.15, 0.2) is 30.3 Å². The first-order valence-corrected chi connectivity index (χ1v) is 11.2. The molecule has 0 spiro atoms. The quantitative estimate of drug-likeness (QED) is 0.368. The summed E-state index contributed by atoms with van der Waals surface area (Å²) in [5, 5.41) is 0. The van der Waals surface area contributed by atoms with Crippen molar-refractivity contribution in [2.75, 3.05) is 0 Å². The first kappa shape index (κ1) is 29.0. The lowest BCUT2D eigenvalue weighted by atomic mass is 10.1. The zero-order chi connectivity index (χ0) is 19.6. The highest BCUT2D eigenvalue weighted by atomic mass is 13.9. The Morgan fingerprint density at radius 3 is 0.920 bits per heavy atom. The largest absolute Gasteiger partial charge is 0.0683 e. The summed E-state index contributed by atoms with van der Waals surface area (Å²) >= 11 is 0. The lowest BCUT2D eigenvalue weighted by molar-refractivity contribution is 0.624. The summed E-state index contributed by atoms with van der Waals surface area (Å²) in [6.45, 7) is 15.1. The Labute approximate surface area is 161 Å². The standard InChI is InChI=1S/2C8H18.C7H8.C2H6/c2*1-3-5-7-8-6-4-2;1-7-5-3-2-4-6-7;1-2/h2*3-8H2,1-2H3;2-6H,1H3;1-2H3. The Balaban J connectivity index is -0.000000276. The summed E-state index contributed by atoms with van der Waals surface area (Å²) in [7, 11) is 0. The van der Waals surface area contributed by atoms with E-state index in [1.54, 1.807) is 0 Å². The van der Waals surface area contributed by atoms with Gasteiger partial charge in [-0.25, -0.2) is 0 Å². The lowest BCUT2D eigenvalue weighted by Gasteiger charge is -1.93. The van der Waals surface area contributed by atoms with E-state index in [0.717, 1.165) is 0 Å². The van der Waals surface area contributed by atoms with E-state index in [4.69, 9.17) is 0 Å². The Hall–Kier alpha value is -0.780. The lowest BCUT2D eigenvalue weighted by Crippen LogP contribution is -1.73. The van der Waals surface area contributed by atoms with Crippen LogP contribution in [0.3, 0.4) is 0 Å². The van der Waals surface area contributed by atoms with Crippen LogP contribution >= 0.6 is 0 Å². The van der Waals surface area contributed by atoms with E-state index in [1.807, 2.05) is 32.0 Å². The molecule has 1 aromatic carbocycles. The zero-order valence-electron chi connectivity index (χ0n) is 18.9. The summed E-state index contributed by atoms with van der Waals surface area (Å²) in [4.78, 5) is 0. The second-order valence-corrected chi connectivity index (χ2v) is 6.48. The van der Waals surface area contributed by atoms with Crippen molar-refractivity contribution < 1.29 is 0 Å². The summed E-state index contributed by atoms with van der Waals surface area (Å²) < 4.78 is 0. The molecule has 0 unspecified atom stereocenters. The average Bonchev–Trinajstić information content (AvgIpc) is 2.66. The van der Waals surface area contributed by atoms with Crippen LogP contribution in [-0.4, -0.2) is 0 Å². The fraction of sp³-hybridized carbons (Fsp3) is 0.760. The van der Waals surface area contributed by atoms with Crippen LogP contribution in [-0.2, 0) is 0 Å². The van der Waals surface area contributed by atoms with E-state index >= 15 is 0 Å². The molecule has 1 aromatic rings. The van der Waals surface area contributed by atoms with Gasteiger partial charge in [0, 0.05) is 0 Å². The fourth-order valence-electron chi connectivity index (χ4n) is 2.24. The third-order valence-corrected chi connectivity index (χ3v) is 3.85. The molecule has 0 saturated carbocycles. The Morgan fingerprint density at radius 2 is 0.760 bits per heavy atom. The van der Waals surface area contributed by atoms with Gasteiger partial charge in [-0.1, -0.05) is 154 Å². The van der Waals surface area contributed by atoms with Gasteiger partial charge in [0.25, 0.3) is 0 Å². The minimum absolute atomic E-state index is 1.32. The van der Waals surface area contributed by atoms with Crippen LogP contribution in [0.25, 0.3) is 0 Å². The van der Waals surface area contributed by atoms with Crippen molar-refractivity contribution in [2.24, 2.45) is 0 Å². The number of unbranched alkanes of at least 4 members (excludes halogenated alkanes) is 10. The molecule has 0 N–H and O–H groups in total. The molecule has 0 atom stereocenters. The first-order chi connectivity index (χ1) is 12.2. The minimum atomic E-state index is 1.32. The van der Waals surface area contributed by atoms with E-state index < -0.39 is 0 Å². The topological polar surface area (TPSA) is 0 Å². The molecule has 0 heteroatoms. The van der Waals surface area contributed by atoms with Crippen molar-refractivity contribution in [3.8, 4) is 0 Å². The van der Waals surface area contributed by atoms with Gasteiger partial charge in [0.05, 0.1) is 0 Å². The van der Waals surface area contributed by atoms with Crippen molar-refractivity contribution in [1.82, 2.24) is 0 Å². The van der Waals surface area contributed by atoms with Crippen molar-refractivity contribution in [1.29, 1.82) is 0 Å². The van der Waals surface area contributed by atoms with E-state index in [0.29, 0.717) is 0 Å². The predicted molar refractivity (Wildman–Crippen MR) is 121 cm³/mol. The molecule has 0 nitrogen and oxygen atoms in total. The van der Waals surface area contributed by atoms with Crippen LogP contribution in [0.2, 0.25) is 0 Å². The second kappa shape index (κ2) is 31.0. The van der Waals surface area contributed by atoms with Crippen LogP contribution in [0.5, 0.6) is 0 Å². The molecular weight excluding hydrogens is 300 g/mol. The molecule has 0 aliphatic rings. The molecule has 0 aliphatic carbocycles. The van der Waals surface area contributed by atoms with E-state index in [-0.39, 0.29) is 0 Å². The highest BCUT2D eigenvalue weighted by molar-refractivity contribution is 5.11. The normalized spacial score (nSPS) is 8.92. The second-order valence-electron chi connectivity index (χ2n) is 6.48. The number of benzene rings is 1. The van der Waals surface area contributed by atoms with Crippen molar-refractivity contribution in [3.63, 3.8) is 0 Å². The monoisotopic (exact) mass is 350 g/mol. The number of hydrogen-bond acceptors (Lipinski definition) is 0. The maximum Gasteiger partial charge on any atom is -0.0398 e. The van der Waals surface area contributed by atoms with Crippen LogP contribution in [0, 0.1) is 6.92 Å². The Kier molecular flexibility index (Phi) is 36.0. The molecule has 150 valence electrons. The van der Waals surface area contributed by atoms with Gasteiger partial charge < -0.3 is 0 Å². The van der Waals surface area contributed by atoms with Crippen molar-refractivity contribution in [3.05, 3.63) is 35.9 Å². The molecule has 0 fully saturated rings. The molecular formula is C25H50. The highest BCUT2D eigenvalue weighted by Gasteiger charge is 1.84. The van der Waals surface area contributed by atoms with Gasteiger partial charge in [-0.2, -0.15) is 0 Å². The third kappa shape index (κ3) is 35.3. The van der Waals surface area contributed by atoms with Gasteiger partial charge in [0.2, 0.25) is 0 Å². The van der Waals surface area contributed by atoms with Gasteiger partial charge in [-0.15, -0.1) is 0 Å². The SMILES string of the molecule is CC.CCCCCCCC.CCCCCCCC.Cc1ccccc1. The van der Waals surface area contributed by atoms with Gasteiger partial charge in [-0.3, -0.25) is 0 Å². The smallest absolute Gasteiger partial charge is 0.0398 e. The van der Waals surface area contributed by atoms with Gasteiger partial charge in [0.15, 0.2) is 0 Å². The maximum absolute atomic E-state index is 2.26. The average molecular weight is 351 g/mol. The summed E-state index contributed by atoms with van der Waals surface area (Å²) in [5.41, 5.74) is 1.32. The van der Waals surface area contributed by atoms with E-state index in [1.165, 1.54) is 82.6 Å². The van der Waals surface area contributed by atoms with Crippen molar-refractivity contribution >= 4 is 0 Å². The molecule has 0 saturated heterocycles. The van der Waals surface area contributed by atoms with Crippen LogP contribution < -0.4 is 0 Å². The highest BCUT2D eigenvalue weighted by Crippen LogP contribution is 2.04. The summed E-state index contributed by atoms with van der Waals surface area (Å²) in [6.07, 6.45) is 17.0. The third-order valence-electron chi connectivity index (χ3n) is 3.85. The van der Waals surface area contributed by atoms with Crippen LogP contribution in [0.4, 0.5) is 0 Å². The summed E-state index contributed by atoms with van der Waals surface area (Å²) in [5.74, 6) is 0. The molecule has 0 bridgehead atoms. The predicted octanol–water partition coefficient (Wildman–Crippen LogP) is 9.75. The first-order valence-electron chi connectivity index (χ1n) is 11.2. The number of aryl methyl sites for hydroxylation is 1. The maximum atomic E-state index is 2.26. The van der Waals surface area contributed by atoms with E-state index in [9.17, 15) is 0 Å². The van der Waals surface area contributed by atoms with Crippen molar-refractivity contribution in [2.45, 2.75) is 126 Å². The molecule has 0 amide bonds. The fourth-order valence-corrected chi connectivity index (χ4v) is 2.24. The number of hydrogen-bond donors (Lipinski definition) is 0. The van der Waals surface area contributed by atoms with Gasteiger partial charge in [-0.05, 0) is 6.92 Å². The molecule has 0 aromatic heterocycles. The molecule has 0 aliphatic heterocycles.